The van der Waals surface area contributed by atoms with Crippen molar-refractivity contribution in [2.45, 2.75) is 76.2 Å². The van der Waals surface area contributed by atoms with Crippen LogP contribution in [0.5, 0.6) is 0 Å². The van der Waals surface area contributed by atoms with Crippen molar-refractivity contribution in [1.29, 1.82) is 0 Å². The first-order chi connectivity index (χ1) is 55.2. The van der Waals surface area contributed by atoms with Gasteiger partial charge in [0.15, 0.2) is 0 Å². The largest absolute Gasteiger partial charge is 0.354 e. The number of terminal acetylenes is 1. The van der Waals surface area contributed by atoms with Crippen LogP contribution < -0.4 is 0 Å². The number of hydrogen-bond acceptors (Lipinski definition) is 4. The molecule has 0 amide bonds. The van der Waals surface area contributed by atoms with Crippen LogP contribution in [0.2, 0.25) is 0 Å². The first kappa shape index (κ1) is 69.9. The molecule has 4 N–H and O–H groups in total. The molecule has 0 saturated heterocycles. The lowest BCUT2D eigenvalue weighted by Gasteiger charge is -2.13. The van der Waals surface area contributed by atoms with E-state index in [4.69, 9.17) is 21.3 Å². The molecular weight excluding hydrogens is 1450 g/mol. The van der Waals surface area contributed by atoms with Crippen molar-refractivity contribution in [1.82, 2.24) is 39.9 Å². The Hall–Kier alpha value is -13.5. The highest BCUT2D eigenvalue weighted by Crippen LogP contribution is 2.45. The molecule has 4 aliphatic heterocycles. The molecule has 0 aliphatic carbocycles. The number of rotatable bonds is 8. The fourth-order valence-corrected chi connectivity index (χ4v) is 17.8. The average Bonchev–Trinajstić information content (AvgIpc) is 1.61. The molecule has 16 bridgehead atoms. The van der Waals surface area contributed by atoms with Crippen LogP contribution in [0.1, 0.15) is 125 Å². The predicted molar refractivity (Wildman–Crippen MR) is 475 cm³/mol. The topological polar surface area (TPSA) is 115 Å². The SMILES string of the molecule is [3H]C#Cc1ccc(-c2c3nc(c(-c4c(C)cc(C)cc4F)c4ccc([nH]4)c(-c4ccc(C#Cc5ccc(-c6c7nc(c(-c8c(C)cc(C)cc8C)c8ccc([nH]8)c(-c8ccc(Br)cc8)c8nc(c(-c9c(C)cc(C)cc9C)c9ccc6[nH]9)C=C8)C=C7)cc5)cc4)c4nc(c(-c5c(C)cc(C)cc5C)c5ccc2[nH]5)C=C4)C=C3)cc1. The summed E-state index contributed by atoms with van der Waals surface area (Å²) in [5.41, 5.74) is 42.6. The zero-order valence-corrected chi connectivity index (χ0v) is 66.2. The smallest absolute Gasteiger partial charge is 0.131 e. The fourth-order valence-electron chi connectivity index (χ4n) is 17.6. The molecule has 6 aromatic heterocycles. The molecular formula is C103H78BrFN8. The average molecular weight is 1530 g/mol. The minimum absolute atomic E-state index is 0.340. The lowest BCUT2D eigenvalue weighted by atomic mass is 9.92. The van der Waals surface area contributed by atoms with Gasteiger partial charge in [0.1, 0.15) is 7.19 Å². The predicted octanol–water partition coefficient (Wildman–Crippen LogP) is 26.6. The normalized spacial score (nSPS) is 12.1. The van der Waals surface area contributed by atoms with Gasteiger partial charge in [0.2, 0.25) is 0 Å². The Kier molecular flexibility index (Phi) is 17.6. The summed E-state index contributed by atoms with van der Waals surface area (Å²) < 4.78 is 25.6. The van der Waals surface area contributed by atoms with E-state index in [0.717, 1.165) is 194 Å². The molecule has 0 fully saturated rings. The first-order valence-electron chi connectivity index (χ1n) is 38.6. The van der Waals surface area contributed by atoms with Crippen LogP contribution in [0.15, 0.2) is 199 Å². The number of nitrogens with zero attached hydrogens (tertiary/aromatic N) is 4. The summed E-state index contributed by atoms with van der Waals surface area (Å²) in [4.78, 5) is 38.1. The van der Waals surface area contributed by atoms with E-state index < -0.39 is 0 Å². The second kappa shape index (κ2) is 28.4. The molecule has 10 heteroatoms. The third-order valence-electron chi connectivity index (χ3n) is 22.1. The van der Waals surface area contributed by atoms with Gasteiger partial charge in [0.25, 0.3) is 0 Å². The summed E-state index contributed by atoms with van der Waals surface area (Å²) in [6.45, 7) is 23.5. The Bertz CT molecular complexity index is 6890. The molecule has 14 aromatic rings. The van der Waals surface area contributed by atoms with E-state index in [-0.39, 0.29) is 5.82 Å². The zero-order valence-electron chi connectivity index (χ0n) is 65.6. The maximum atomic E-state index is 17.0. The van der Waals surface area contributed by atoms with Gasteiger partial charge in [0.05, 0.1) is 45.6 Å². The van der Waals surface area contributed by atoms with Gasteiger partial charge in [0, 0.05) is 115 Å². The maximum Gasteiger partial charge on any atom is 0.131 e. The molecule has 4 aliphatic rings. The Labute approximate surface area is 667 Å². The third-order valence-corrected chi connectivity index (χ3v) is 22.6. The number of nitrogens with one attached hydrogen (secondary N) is 4. The van der Waals surface area contributed by atoms with Crippen molar-refractivity contribution in [3.63, 3.8) is 0 Å². The van der Waals surface area contributed by atoms with Crippen LogP contribution in [0.3, 0.4) is 0 Å². The van der Waals surface area contributed by atoms with E-state index in [2.05, 4.69) is 310 Å². The van der Waals surface area contributed by atoms with E-state index in [1.807, 2.05) is 62.4 Å². The quantitative estimate of drug-likeness (QED) is 0.113. The zero-order chi connectivity index (χ0) is 78.5. The van der Waals surface area contributed by atoms with Crippen LogP contribution in [0, 0.1) is 106 Å². The van der Waals surface area contributed by atoms with Crippen molar-refractivity contribution >= 4 is 109 Å². The van der Waals surface area contributed by atoms with E-state index >= 15 is 4.39 Å². The number of aromatic nitrogens is 8. The fraction of sp³-hybridized carbons (Fsp3) is 0.107. The molecule has 8 aromatic carbocycles. The number of aryl methyl sites for hydroxylation is 11. The van der Waals surface area contributed by atoms with Gasteiger partial charge in [-0.1, -0.05) is 141 Å². The van der Waals surface area contributed by atoms with Gasteiger partial charge in [-0.05, 0) is 311 Å². The summed E-state index contributed by atoms with van der Waals surface area (Å²) in [5.74, 6) is 9.60. The highest BCUT2D eigenvalue weighted by Gasteiger charge is 2.26. The lowest BCUT2D eigenvalue weighted by Crippen LogP contribution is -1.95. The monoisotopic (exact) mass is 1530 g/mol. The van der Waals surface area contributed by atoms with Crippen molar-refractivity contribution < 1.29 is 5.76 Å². The Morgan fingerprint density at radius 1 is 0.274 bits per heavy atom. The molecule has 0 radical (unpaired) electrons. The van der Waals surface area contributed by atoms with Crippen molar-refractivity contribution in [3.05, 3.63) is 328 Å². The van der Waals surface area contributed by atoms with Crippen molar-refractivity contribution in [3.8, 4) is 113 Å². The number of hydrogen-bond donors (Lipinski definition) is 4. The van der Waals surface area contributed by atoms with E-state index in [0.29, 0.717) is 28.0 Å². The Morgan fingerprint density at radius 2 is 0.496 bits per heavy atom. The van der Waals surface area contributed by atoms with Crippen LogP contribution in [0.4, 0.5) is 4.39 Å². The summed E-state index contributed by atoms with van der Waals surface area (Å²) in [6, 6.07) is 67.5. The molecule has 8 nitrogen and oxygen atoms in total. The number of aromatic amines is 4. The van der Waals surface area contributed by atoms with Crippen LogP contribution in [0.25, 0.3) is 182 Å². The highest BCUT2D eigenvalue weighted by molar-refractivity contribution is 9.10. The molecule has 544 valence electrons. The Morgan fingerprint density at radius 3 is 0.761 bits per heavy atom. The third kappa shape index (κ3) is 13.0. The highest BCUT2D eigenvalue weighted by atomic mass is 79.9. The molecule has 10 heterocycles. The van der Waals surface area contributed by atoms with E-state index in [1.165, 1.54) is 38.9 Å². The first-order valence-corrected chi connectivity index (χ1v) is 38.9. The van der Waals surface area contributed by atoms with Crippen molar-refractivity contribution in [2.24, 2.45) is 0 Å². The summed E-state index contributed by atoms with van der Waals surface area (Å²) >= 11 is 3.71. The molecule has 0 spiro atoms. The second-order valence-electron chi connectivity index (χ2n) is 30.4. The van der Waals surface area contributed by atoms with E-state index in [9.17, 15) is 0 Å². The van der Waals surface area contributed by atoms with Crippen LogP contribution >= 0.6 is 15.9 Å². The van der Waals surface area contributed by atoms with Gasteiger partial charge in [-0.15, -0.1) is 6.40 Å². The van der Waals surface area contributed by atoms with Gasteiger partial charge in [-0.25, -0.2) is 24.3 Å². The molecule has 113 heavy (non-hydrogen) atoms. The number of fused-ring (bicyclic) bond motifs is 16. The van der Waals surface area contributed by atoms with Gasteiger partial charge in [-0.2, -0.15) is 0 Å². The molecule has 0 atom stereocenters. The van der Waals surface area contributed by atoms with Gasteiger partial charge < -0.3 is 19.9 Å². The summed E-state index contributed by atoms with van der Waals surface area (Å²) in [7, 11) is 0. The molecule has 18 rings (SSSR count). The van der Waals surface area contributed by atoms with Gasteiger partial charge in [-0.3, -0.25) is 0 Å². The second-order valence-corrected chi connectivity index (χ2v) is 31.3. The van der Waals surface area contributed by atoms with Crippen molar-refractivity contribution in [2.75, 3.05) is 0 Å². The Balaban J connectivity index is 0.794. The van der Waals surface area contributed by atoms with Crippen LogP contribution in [-0.2, 0) is 0 Å². The summed E-state index contributed by atoms with van der Waals surface area (Å²) in [6.07, 6.45) is 19.2. The van der Waals surface area contributed by atoms with E-state index in [1.54, 1.807) is 6.07 Å². The maximum absolute atomic E-state index is 17.0. The van der Waals surface area contributed by atoms with Gasteiger partial charge >= 0.3 is 0 Å². The standard InChI is InChI=1S/C103H78BrFN8/c1-13-67-16-22-70(23-17-67)96-76-32-40-84(106-76)100(92-60(6)48-56(2)49-61(92)7)85-43-35-79(109-85)98(81-39-47-91(113-81)103(90-46-38-80(96)112-90)95-66(12)54-59(5)55-75(95)105)72-26-20-69(21-27-72)15-14-68-18-24-71(25-19-68)97-77-33-41-86(107-77)101(93-62(8)50-57(3)51-63(93)9)88-44-36-82(110-88)99(73-28-30-74(104)31-29-73)83-37-45-89(111-83)102(87-42-34-78(97)108-87)94-64(10)52-58(4)53-65(94)11/h1,16-55,106-107,111,113H,2-12H3/i1T. The number of halogens is 2. The minimum atomic E-state index is -0.340. The lowest BCUT2D eigenvalue weighted by molar-refractivity contribution is 0.629. The van der Waals surface area contributed by atoms with Crippen LogP contribution in [-0.4, -0.2) is 39.9 Å². The number of H-pyrrole nitrogens is 4. The molecule has 0 saturated carbocycles. The molecule has 0 unspecified atom stereocenters. The summed E-state index contributed by atoms with van der Waals surface area (Å²) in [5, 5.41) is 0. The minimum Gasteiger partial charge on any atom is -0.354 e. The number of benzene rings is 8.